The standard InChI is InChI=1S/C16H21BrO2/c1-10-2-4-11(5-3-10)15(18)14-9-13(17)8-12-6-7-19-16(12)14/h8-11,15,18H,2-7H2,1H3. The molecule has 0 radical (unpaired) electrons. The molecular weight excluding hydrogens is 304 g/mol. The molecule has 104 valence electrons. The van der Waals surface area contributed by atoms with Crippen LogP contribution >= 0.6 is 15.9 Å². The summed E-state index contributed by atoms with van der Waals surface area (Å²) >= 11 is 3.55. The van der Waals surface area contributed by atoms with Crippen LogP contribution in [0, 0.1) is 11.8 Å². The van der Waals surface area contributed by atoms with Crippen molar-refractivity contribution in [2.75, 3.05) is 6.61 Å². The molecular formula is C16H21BrO2. The number of benzene rings is 1. The minimum atomic E-state index is -0.378. The fourth-order valence-electron chi connectivity index (χ4n) is 3.37. The van der Waals surface area contributed by atoms with Crippen molar-refractivity contribution in [3.05, 3.63) is 27.7 Å². The molecule has 1 aliphatic carbocycles. The highest BCUT2D eigenvalue weighted by Gasteiger charge is 2.30. The second-order valence-electron chi connectivity index (χ2n) is 6.05. The Balaban J connectivity index is 1.85. The van der Waals surface area contributed by atoms with E-state index in [0.29, 0.717) is 5.92 Å². The maximum atomic E-state index is 10.7. The summed E-state index contributed by atoms with van der Waals surface area (Å²) in [5.74, 6) is 2.14. The van der Waals surface area contributed by atoms with Crippen LogP contribution in [0.15, 0.2) is 16.6 Å². The highest BCUT2D eigenvalue weighted by molar-refractivity contribution is 9.10. The van der Waals surface area contributed by atoms with Gasteiger partial charge in [-0.2, -0.15) is 0 Å². The van der Waals surface area contributed by atoms with E-state index >= 15 is 0 Å². The van der Waals surface area contributed by atoms with Crippen molar-refractivity contribution in [1.29, 1.82) is 0 Å². The molecule has 1 heterocycles. The highest BCUT2D eigenvalue weighted by Crippen LogP contribution is 2.43. The number of halogens is 1. The SMILES string of the molecule is CC1CCC(C(O)c2cc(Br)cc3c2OCC3)CC1. The largest absolute Gasteiger partial charge is 0.493 e. The molecule has 1 saturated carbocycles. The van der Waals surface area contributed by atoms with Crippen LogP contribution in [0.2, 0.25) is 0 Å². The average Bonchev–Trinajstić information content (AvgIpc) is 2.85. The normalized spacial score (nSPS) is 27.7. The predicted molar refractivity (Wildman–Crippen MR) is 79.4 cm³/mol. The molecule has 0 amide bonds. The Kier molecular flexibility index (Phi) is 3.86. The van der Waals surface area contributed by atoms with Crippen LogP contribution in [0.3, 0.4) is 0 Å². The van der Waals surface area contributed by atoms with E-state index in [4.69, 9.17) is 4.74 Å². The first-order valence-electron chi connectivity index (χ1n) is 7.28. The Bertz CT molecular complexity index is 464. The number of rotatable bonds is 2. The van der Waals surface area contributed by atoms with Crippen LogP contribution in [-0.2, 0) is 6.42 Å². The van der Waals surface area contributed by atoms with Crippen LogP contribution < -0.4 is 4.74 Å². The molecule has 3 rings (SSSR count). The third-order valence-corrected chi connectivity index (χ3v) is 5.06. The van der Waals surface area contributed by atoms with E-state index in [-0.39, 0.29) is 6.10 Å². The van der Waals surface area contributed by atoms with E-state index in [1.807, 2.05) is 6.07 Å². The van der Waals surface area contributed by atoms with Gasteiger partial charge in [0.15, 0.2) is 0 Å². The molecule has 0 spiro atoms. The van der Waals surface area contributed by atoms with Crippen molar-refractivity contribution >= 4 is 15.9 Å². The molecule has 1 aromatic rings. The first-order chi connectivity index (χ1) is 9.15. The third-order valence-electron chi connectivity index (χ3n) is 4.60. The summed E-state index contributed by atoms with van der Waals surface area (Å²) in [6.45, 7) is 3.05. The average molecular weight is 325 g/mol. The smallest absolute Gasteiger partial charge is 0.128 e. The van der Waals surface area contributed by atoms with Crippen LogP contribution in [0.5, 0.6) is 5.75 Å². The van der Waals surface area contributed by atoms with E-state index in [0.717, 1.165) is 47.6 Å². The molecule has 2 nitrogen and oxygen atoms in total. The van der Waals surface area contributed by atoms with Crippen LogP contribution in [-0.4, -0.2) is 11.7 Å². The Morgan fingerprint density at radius 3 is 2.74 bits per heavy atom. The Morgan fingerprint density at radius 1 is 1.26 bits per heavy atom. The lowest BCUT2D eigenvalue weighted by molar-refractivity contribution is 0.0733. The van der Waals surface area contributed by atoms with Crippen molar-refractivity contribution in [3.63, 3.8) is 0 Å². The van der Waals surface area contributed by atoms with Gasteiger partial charge in [0.2, 0.25) is 0 Å². The summed E-state index contributed by atoms with van der Waals surface area (Å²) in [7, 11) is 0. The van der Waals surface area contributed by atoms with Gasteiger partial charge in [-0.3, -0.25) is 0 Å². The van der Waals surface area contributed by atoms with E-state index in [1.54, 1.807) is 0 Å². The number of fused-ring (bicyclic) bond motifs is 1. The molecule has 1 aromatic carbocycles. The number of aliphatic hydroxyl groups excluding tert-OH is 1. The second kappa shape index (κ2) is 5.45. The van der Waals surface area contributed by atoms with E-state index < -0.39 is 0 Å². The fourth-order valence-corrected chi connectivity index (χ4v) is 3.90. The zero-order valence-corrected chi connectivity index (χ0v) is 12.9. The van der Waals surface area contributed by atoms with E-state index in [2.05, 4.69) is 28.9 Å². The summed E-state index contributed by atoms with van der Waals surface area (Å²) in [4.78, 5) is 0. The van der Waals surface area contributed by atoms with E-state index in [1.165, 1.54) is 18.4 Å². The molecule has 0 saturated heterocycles. The second-order valence-corrected chi connectivity index (χ2v) is 6.96. The van der Waals surface area contributed by atoms with Gasteiger partial charge in [0.25, 0.3) is 0 Å². The number of aliphatic hydroxyl groups is 1. The molecule has 1 aliphatic heterocycles. The molecule has 1 atom stereocenters. The van der Waals surface area contributed by atoms with Gasteiger partial charge >= 0.3 is 0 Å². The molecule has 19 heavy (non-hydrogen) atoms. The lowest BCUT2D eigenvalue weighted by Gasteiger charge is -2.30. The van der Waals surface area contributed by atoms with Gasteiger partial charge in [-0.15, -0.1) is 0 Å². The molecule has 0 aromatic heterocycles. The summed E-state index contributed by atoms with van der Waals surface area (Å²) < 4.78 is 6.79. The predicted octanol–water partition coefficient (Wildman–Crippen LogP) is 4.24. The van der Waals surface area contributed by atoms with Gasteiger partial charge in [-0.25, -0.2) is 0 Å². The van der Waals surface area contributed by atoms with Crippen molar-refractivity contribution in [1.82, 2.24) is 0 Å². The summed E-state index contributed by atoms with van der Waals surface area (Å²) in [6.07, 6.45) is 5.30. The lowest BCUT2D eigenvalue weighted by atomic mass is 9.78. The summed E-state index contributed by atoms with van der Waals surface area (Å²) in [6, 6.07) is 4.15. The van der Waals surface area contributed by atoms with E-state index in [9.17, 15) is 5.11 Å². The molecule has 1 N–H and O–H groups in total. The highest BCUT2D eigenvalue weighted by atomic mass is 79.9. The summed E-state index contributed by atoms with van der Waals surface area (Å²) in [5, 5.41) is 10.7. The van der Waals surface area contributed by atoms with Crippen molar-refractivity contribution in [2.45, 2.75) is 45.1 Å². The minimum absolute atomic E-state index is 0.378. The molecule has 0 bridgehead atoms. The van der Waals surface area contributed by atoms with Crippen LogP contribution in [0.25, 0.3) is 0 Å². The summed E-state index contributed by atoms with van der Waals surface area (Å²) in [5.41, 5.74) is 2.22. The Morgan fingerprint density at radius 2 is 2.00 bits per heavy atom. The van der Waals surface area contributed by atoms with Gasteiger partial charge in [0, 0.05) is 16.5 Å². The van der Waals surface area contributed by atoms with Gasteiger partial charge in [-0.1, -0.05) is 35.7 Å². The van der Waals surface area contributed by atoms with Crippen molar-refractivity contribution in [3.8, 4) is 5.75 Å². The third kappa shape index (κ3) is 2.68. The molecule has 2 aliphatic rings. The van der Waals surface area contributed by atoms with Gasteiger partial charge in [0.05, 0.1) is 12.7 Å². The van der Waals surface area contributed by atoms with Gasteiger partial charge < -0.3 is 9.84 Å². The number of ether oxygens (including phenoxy) is 1. The zero-order valence-electron chi connectivity index (χ0n) is 11.4. The Labute approximate surface area is 123 Å². The first kappa shape index (κ1) is 13.4. The zero-order chi connectivity index (χ0) is 13.4. The lowest BCUT2D eigenvalue weighted by Crippen LogP contribution is -2.19. The number of hydrogen-bond acceptors (Lipinski definition) is 2. The monoisotopic (exact) mass is 324 g/mol. The first-order valence-corrected chi connectivity index (χ1v) is 8.07. The maximum Gasteiger partial charge on any atom is 0.128 e. The topological polar surface area (TPSA) is 29.5 Å². The van der Waals surface area contributed by atoms with Gasteiger partial charge in [-0.05, 0) is 42.4 Å². The maximum absolute atomic E-state index is 10.7. The van der Waals surface area contributed by atoms with Gasteiger partial charge in [0.1, 0.15) is 5.75 Å². The number of hydrogen-bond donors (Lipinski definition) is 1. The quantitative estimate of drug-likeness (QED) is 0.881. The van der Waals surface area contributed by atoms with Crippen molar-refractivity contribution in [2.24, 2.45) is 11.8 Å². The molecule has 1 fully saturated rings. The van der Waals surface area contributed by atoms with Crippen molar-refractivity contribution < 1.29 is 9.84 Å². The molecule has 3 heteroatoms. The Hall–Kier alpha value is -0.540. The molecule has 1 unspecified atom stereocenters. The fraction of sp³-hybridized carbons (Fsp3) is 0.625. The minimum Gasteiger partial charge on any atom is -0.493 e. The van der Waals surface area contributed by atoms with Crippen LogP contribution in [0.4, 0.5) is 0 Å². The van der Waals surface area contributed by atoms with Crippen LogP contribution in [0.1, 0.15) is 49.8 Å².